The fourth-order valence-electron chi connectivity index (χ4n) is 2.87. The third kappa shape index (κ3) is 5.90. The molecule has 1 heterocycles. The predicted octanol–water partition coefficient (Wildman–Crippen LogP) is 2.49. The normalized spacial score (nSPS) is 17.5. The number of nitrogens with one attached hydrogen (secondary N) is 1. The molecule has 2 aromatic carbocycles. The molecule has 1 fully saturated rings. The zero-order valence-corrected chi connectivity index (χ0v) is 17.7. The molecule has 0 aromatic heterocycles. The van der Waals surface area contributed by atoms with Crippen molar-refractivity contribution in [2.45, 2.75) is 12.2 Å². The molecule has 10 heteroatoms. The molecule has 0 bridgehead atoms. The highest BCUT2D eigenvalue weighted by Gasteiger charge is 2.27. The molecule has 1 amide bonds. The number of β-amino-alcohol motifs (C(OH)–C–C–N with tert-alkyl or cyclic N) is 1. The van der Waals surface area contributed by atoms with Gasteiger partial charge in [0.25, 0.3) is 5.91 Å². The van der Waals surface area contributed by atoms with Gasteiger partial charge in [0, 0.05) is 18.1 Å². The molecule has 0 saturated carbocycles. The third-order valence-electron chi connectivity index (χ3n) is 4.33. The lowest BCUT2D eigenvalue weighted by Gasteiger charge is -2.20. The zero-order chi connectivity index (χ0) is 21.7. The topological polar surface area (TPSA) is 100 Å². The molecule has 0 unspecified atom stereocenters. The van der Waals surface area contributed by atoms with E-state index in [1.54, 1.807) is 29.3 Å². The van der Waals surface area contributed by atoms with Crippen LogP contribution in [0.5, 0.6) is 17.2 Å². The first kappa shape index (κ1) is 22.5. The Hall–Kier alpha value is -2.23. The van der Waals surface area contributed by atoms with Gasteiger partial charge in [0.05, 0.1) is 23.7 Å². The van der Waals surface area contributed by atoms with Crippen LogP contribution in [0.2, 0.25) is 10.0 Å². The lowest BCUT2D eigenvalue weighted by Crippen LogP contribution is -2.35. The number of aliphatic hydroxyl groups excluding tert-OH is 1. The summed E-state index contributed by atoms with van der Waals surface area (Å²) in [6.07, 6.45) is -1.10. The maximum atomic E-state index is 12.0. The van der Waals surface area contributed by atoms with Crippen molar-refractivity contribution >= 4 is 29.1 Å². The summed E-state index contributed by atoms with van der Waals surface area (Å²) < 4.78 is 11.4. The van der Waals surface area contributed by atoms with E-state index in [0.29, 0.717) is 23.9 Å². The van der Waals surface area contributed by atoms with Crippen LogP contribution in [0.25, 0.3) is 0 Å². The van der Waals surface area contributed by atoms with Gasteiger partial charge in [-0.2, -0.15) is 5.06 Å². The number of hydroxylamine groups is 2. The molecule has 0 radical (unpaired) electrons. The standard InChI is InChI=1S/C20H22Cl2N2O6/c1-23-20(27)16-6-17(22)18(26)7-19(16)28-10-13(25)8-24-9-15(11-29-24)30-14-4-2-12(21)3-5-14/h2-7,13,15,25-26H,8-11H2,1H3,(H,23,27)/t13-,15-/m1/s1. The number of aliphatic hydroxyl groups is 1. The Morgan fingerprint density at radius 1 is 1.33 bits per heavy atom. The summed E-state index contributed by atoms with van der Waals surface area (Å²) in [5.41, 5.74) is 0.154. The Labute approximate surface area is 183 Å². The van der Waals surface area contributed by atoms with E-state index in [-0.39, 0.29) is 41.3 Å². The van der Waals surface area contributed by atoms with Crippen molar-refractivity contribution < 1.29 is 29.3 Å². The van der Waals surface area contributed by atoms with E-state index in [1.807, 2.05) is 0 Å². The molecule has 3 rings (SSSR count). The van der Waals surface area contributed by atoms with Crippen molar-refractivity contribution in [3.05, 3.63) is 52.0 Å². The molecule has 0 aliphatic carbocycles. The number of hydrogen-bond donors (Lipinski definition) is 3. The number of benzene rings is 2. The van der Waals surface area contributed by atoms with Gasteiger partial charge < -0.3 is 25.0 Å². The highest BCUT2D eigenvalue weighted by molar-refractivity contribution is 6.32. The van der Waals surface area contributed by atoms with Gasteiger partial charge in [-0.25, -0.2) is 0 Å². The Morgan fingerprint density at radius 3 is 2.77 bits per heavy atom. The fourth-order valence-corrected chi connectivity index (χ4v) is 3.16. The Kier molecular flexibility index (Phi) is 7.63. The van der Waals surface area contributed by atoms with Crippen molar-refractivity contribution in [1.29, 1.82) is 0 Å². The molecule has 30 heavy (non-hydrogen) atoms. The predicted molar refractivity (Wildman–Crippen MR) is 111 cm³/mol. The second-order valence-electron chi connectivity index (χ2n) is 6.68. The minimum atomic E-state index is -0.908. The van der Waals surface area contributed by atoms with Crippen molar-refractivity contribution in [3.63, 3.8) is 0 Å². The van der Waals surface area contributed by atoms with E-state index in [0.717, 1.165) is 0 Å². The van der Waals surface area contributed by atoms with Gasteiger partial charge in [-0.05, 0) is 30.3 Å². The lowest BCUT2D eigenvalue weighted by atomic mass is 10.1. The number of phenols is 1. The largest absolute Gasteiger partial charge is 0.506 e. The highest BCUT2D eigenvalue weighted by atomic mass is 35.5. The quantitative estimate of drug-likeness (QED) is 0.560. The molecule has 2 aromatic rings. The van der Waals surface area contributed by atoms with Crippen LogP contribution in [-0.2, 0) is 4.84 Å². The van der Waals surface area contributed by atoms with Gasteiger partial charge in [-0.3, -0.25) is 9.63 Å². The number of amides is 1. The summed E-state index contributed by atoms with van der Waals surface area (Å²) in [6, 6.07) is 9.58. The summed E-state index contributed by atoms with van der Waals surface area (Å²) in [4.78, 5) is 17.5. The van der Waals surface area contributed by atoms with Crippen molar-refractivity contribution in [2.24, 2.45) is 0 Å². The van der Waals surface area contributed by atoms with Crippen LogP contribution in [0, 0.1) is 0 Å². The average molecular weight is 457 g/mol. The van der Waals surface area contributed by atoms with Gasteiger partial charge in [0.15, 0.2) is 0 Å². The van der Waals surface area contributed by atoms with Crippen LogP contribution in [0.3, 0.4) is 0 Å². The molecular weight excluding hydrogens is 435 g/mol. The number of ether oxygens (including phenoxy) is 2. The van der Waals surface area contributed by atoms with Gasteiger partial charge in [-0.15, -0.1) is 0 Å². The summed E-state index contributed by atoms with van der Waals surface area (Å²) in [6.45, 7) is 0.871. The van der Waals surface area contributed by atoms with Crippen LogP contribution in [0.1, 0.15) is 10.4 Å². The molecule has 162 valence electrons. The Balaban J connectivity index is 1.50. The molecule has 2 atom stereocenters. The Morgan fingerprint density at radius 2 is 2.07 bits per heavy atom. The number of carbonyl (C=O) groups is 1. The monoisotopic (exact) mass is 456 g/mol. The van der Waals surface area contributed by atoms with E-state index in [1.165, 1.54) is 19.2 Å². The van der Waals surface area contributed by atoms with E-state index < -0.39 is 12.0 Å². The van der Waals surface area contributed by atoms with Crippen LogP contribution in [-0.4, -0.2) is 66.7 Å². The SMILES string of the molecule is CNC(=O)c1cc(Cl)c(O)cc1OC[C@H](O)CN1C[C@@H](Oc2ccc(Cl)cc2)CO1. The average Bonchev–Trinajstić information content (AvgIpc) is 3.16. The molecule has 8 nitrogen and oxygen atoms in total. The zero-order valence-electron chi connectivity index (χ0n) is 16.2. The highest BCUT2D eigenvalue weighted by Crippen LogP contribution is 2.32. The third-order valence-corrected chi connectivity index (χ3v) is 4.89. The summed E-state index contributed by atoms with van der Waals surface area (Å²) in [5.74, 6) is 0.148. The van der Waals surface area contributed by atoms with Crippen molar-refractivity contribution in [1.82, 2.24) is 10.4 Å². The molecular formula is C20H22Cl2N2O6. The second-order valence-corrected chi connectivity index (χ2v) is 7.52. The number of phenolic OH excluding ortho intramolecular Hbond substituents is 1. The lowest BCUT2D eigenvalue weighted by molar-refractivity contribution is -0.131. The molecule has 1 aliphatic rings. The van der Waals surface area contributed by atoms with Crippen LogP contribution in [0.4, 0.5) is 0 Å². The van der Waals surface area contributed by atoms with Gasteiger partial charge >= 0.3 is 0 Å². The van der Waals surface area contributed by atoms with Gasteiger partial charge in [-0.1, -0.05) is 23.2 Å². The maximum absolute atomic E-state index is 12.0. The molecule has 1 saturated heterocycles. The maximum Gasteiger partial charge on any atom is 0.254 e. The smallest absolute Gasteiger partial charge is 0.254 e. The fraction of sp³-hybridized carbons (Fsp3) is 0.350. The first-order valence-electron chi connectivity index (χ1n) is 9.21. The minimum Gasteiger partial charge on any atom is -0.506 e. The van der Waals surface area contributed by atoms with Crippen molar-refractivity contribution in [2.75, 3.05) is 33.4 Å². The first-order chi connectivity index (χ1) is 14.4. The number of nitrogens with zero attached hydrogens (tertiary/aromatic N) is 1. The number of halogens is 2. The van der Waals surface area contributed by atoms with Crippen molar-refractivity contribution in [3.8, 4) is 17.2 Å². The number of aromatic hydroxyl groups is 1. The van der Waals surface area contributed by atoms with E-state index >= 15 is 0 Å². The number of rotatable bonds is 8. The minimum absolute atomic E-state index is 0.0266. The Bertz CT molecular complexity index is 880. The van der Waals surface area contributed by atoms with Gasteiger partial charge in [0.1, 0.15) is 42.7 Å². The van der Waals surface area contributed by atoms with Crippen LogP contribution >= 0.6 is 23.2 Å². The summed E-state index contributed by atoms with van der Waals surface area (Å²) in [5, 5.41) is 24.8. The molecule has 3 N–H and O–H groups in total. The molecule has 0 spiro atoms. The van der Waals surface area contributed by atoms with Crippen LogP contribution in [0.15, 0.2) is 36.4 Å². The summed E-state index contributed by atoms with van der Waals surface area (Å²) >= 11 is 11.7. The summed E-state index contributed by atoms with van der Waals surface area (Å²) in [7, 11) is 1.47. The van der Waals surface area contributed by atoms with Gasteiger partial charge in [0.2, 0.25) is 0 Å². The number of hydrogen-bond acceptors (Lipinski definition) is 7. The van der Waals surface area contributed by atoms with E-state index in [2.05, 4.69) is 5.32 Å². The number of carbonyl (C=O) groups excluding carboxylic acids is 1. The first-order valence-corrected chi connectivity index (χ1v) is 9.97. The van der Waals surface area contributed by atoms with Crippen LogP contribution < -0.4 is 14.8 Å². The second kappa shape index (κ2) is 10.2. The van der Waals surface area contributed by atoms with E-state index in [4.69, 9.17) is 37.5 Å². The molecule has 1 aliphatic heterocycles. The van der Waals surface area contributed by atoms with E-state index in [9.17, 15) is 15.0 Å².